The van der Waals surface area contributed by atoms with E-state index in [0.29, 0.717) is 17.3 Å². The van der Waals surface area contributed by atoms with Crippen molar-refractivity contribution in [1.82, 2.24) is 10.3 Å². The zero-order chi connectivity index (χ0) is 17.2. The fourth-order valence-corrected chi connectivity index (χ4v) is 3.57. The summed E-state index contributed by atoms with van der Waals surface area (Å²) in [4.78, 5) is 16.8. The van der Waals surface area contributed by atoms with Crippen LogP contribution in [-0.4, -0.2) is 24.5 Å². The van der Waals surface area contributed by atoms with Gasteiger partial charge in [-0.25, -0.2) is 4.98 Å². The molecule has 1 amide bonds. The Morgan fingerprint density at radius 1 is 1.24 bits per heavy atom. The van der Waals surface area contributed by atoms with Crippen LogP contribution in [-0.2, 0) is 4.74 Å². The van der Waals surface area contributed by atoms with Crippen LogP contribution in [0, 0.1) is 0 Å². The Balaban J connectivity index is 1.49. The highest BCUT2D eigenvalue weighted by Gasteiger charge is 2.19. The molecule has 0 saturated heterocycles. The predicted octanol–water partition coefficient (Wildman–Crippen LogP) is 4.16. The van der Waals surface area contributed by atoms with Crippen molar-refractivity contribution in [3.8, 4) is 0 Å². The summed E-state index contributed by atoms with van der Waals surface area (Å²) < 4.78 is 12.3. The minimum absolute atomic E-state index is 0.209. The molecule has 0 radical (unpaired) electrons. The number of hydrogen-bond donors (Lipinski definition) is 1. The highest BCUT2D eigenvalue weighted by atomic mass is 32.1. The van der Waals surface area contributed by atoms with Gasteiger partial charge in [0.15, 0.2) is 5.01 Å². The molecule has 0 aliphatic carbocycles. The fourth-order valence-electron chi connectivity index (χ4n) is 2.69. The first-order valence-corrected chi connectivity index (χ1v) is 8.71. The van der Waals surface area contributed by atoms with Crippen LogP contribution < -0.4 is 5.32 Å². The van der Waals surface area contributed by atoms with Crippen molar-refractivity contribution in [2.24, 2.45) is 0 Å². The Morgan fingerprint density at radius 2 is 2.04 bits per heavy atom. The molecule has 6 heteroatoms. The standard InChI is InChI=1S/C19H16N2O3S/c1-23-16(15-10-12-6-2-4-8-14(12)24-15)11-20-18(22)19-21-13-7-3-5-9-17(13)25-19/h2-10,16H,11H2,1H3,(H,20,22). The quantitative estimate of drug-likeness (QED) is 0.586. The van der Waals surface area contributed by atoms with Gasteiger partial charge in [-0.1, -0.05) is 30.3 Å². The lowest BCUT2D eigenvalue weighted by Gasteiger charge is -2.13. The van der Waals surface area contributed by atoms with E-state index in [1.54, 1.807) is 7.11 Å². The first-order chi connectivity index (χ1) is 12.2. The number of ether oxygens (including phenoxy) is 1. The number of hydrogen-bond acceptors (Lipinski definition) is 5. The minimum atomic E-state index is -0.356. The second kappa shape index (κ2) is 6.66. The molecule has 1 unspecified atom stereocenters. The molecule has 4 rings (SSSR count). The van der Waals surface area contributed by atoms with Crippen molar-refractivity contribution in [2.75, 3.05) is 13.7 Å². The van der Waals surface area contributed by atoms with E-state index < -0.39 is 0 Å². The van der Waals surface area contributed by atoms with Gasteiger partial charge in [-0.2, -0.15) is 0 Å². The third-order valence-corrected chi connectivity index (χ3v) is 5.02. The second-order valence-electron chi connectivity index (χ2n) is 5.61. The molecule has 1 N–H and O–H groups in total. The Morgan fingerprint density at radius 3 is 2.84 bits per heavy atom. The number of furan rings is 1. The molecule has 2 aromatic heterocycles. The molecule has 4 aromatic rings. The van der Waals surface area contributed by atoms with Gasteiger partial charge in [0.05, 0.1) is 16.8 Å². The normalized spacial score (nSPS) is 12.5. The van der Waals surface area contributed by atoms with Crippen LogP contribution in [0.2, 0.25) is 0 Å². The topological polar surface area (TPSA) is 64.4 Å². The van der Waals surface area contributed by atoms with E-state index in [2.05, 4.69) is 10.3 Å². The molecule has 0 fully saturated rings. The van der Waals surface area contributed by atoms with Gasteiger partial charge >= 0.3 is 0 Å². The van der Waals surface area contributed by atoms with E-state index in [-0.39, 0.29) is 12.0 Å². The van der Waals surface area contributed by atoms with E-state index >= 15 is 0 Å². The lowest BCUT2D eigenvalue weighted by Crippen LogP contribution is -2.28. The number of para-hydroxylation sites is 2. The Hall–Kier alpha value is -2.70. The van der Waals surface area contributed by atoms with Crippen molar-refractivity contribution in [3.63, 3.8) is 0 Å². The first kappa shape index (κ1) is 15.8. The highest BCUT2D eigenvalue weighted by molar-refractivity contribution is 7.20. The summed E-state index contributed by atoms with van der Waals surface area (Å²) in [5, 5.41) is 4.33. The molecule has 0 aliphatic rings. The maximum atomic E-state index is 12.4. The van der Waals surface area contributed by atoms with Gasteiger partial charge < -0.3 is 14.5 Å². The smallest absolute Gasteiger partial charge is 0.280 e. The molecule has 0 spiro atoms. The monoisotopic (exact) mass is 352 g/mol. The Bertz CT molecular complexity index is 971. The number of nitrogens with zero attached hydrogens (tertiary/aromatic N) is 1. The van der Waals surface area contributed by atoms with E-state index in [1.165, 1.54) is 11.3 Å². The maximum Gasteiger partial charge on any atom is 0.280 e. The van der Waals surface area contributed by atoms with Crippen LogP contribution in [0.3, 0.4) is 0 Å². The molecular weight excluding hydrogens is 336 g/mol. The van der Waals surface area contributed by atoms with E-state index in [4.69, 9.17) is 9.15 Å². The Labute approximate surface area is 148 Å². The number of amides is 1. The van der Waals surface area contributed by atoms with E-state index in [0.717, 1.165) is 21.2 Å². The van der Waals surface area contributed by atoms with Crippen molar-refractivity contribution in [2.45, 2.75) is 6.10 Å². The molecule has 1 atom stereocenters. The summed E-state index contributed by atoms with van der Waals surface area (Å²) in [6.45, 7) is 0.311. The molecule has 126 valence electrons. The molecule has 0 saturated carbocycles. The fraction of sp³-hybridized carbons (Fsp3) is 0.158. The van der Waals surface area contributed by atoms with Gasteiger partial charge in [-0.05, 0) is 24.3 Å². The van der Waals surface area contributed by atoms with Gasteiger partial charge in [0.2, 0.25) is 0 Å². The number of benzene rings is 2. The predicted molar refractivity (Wildman–Crippen MR) is 97.9 cm³/mol. The maximum absolute atomic E-state index is 12.4. The lowest BCUT2D eigenvalue weighted by molar-refractivity contribution is 0.0747. The summed E-state index contributed by atoms with van der Waals surface area (Å²) in [6, 6.07) is 17.4. The summed E-state index contributed by atoms with van der Waals surface area (Å²) in [5.74, 6) is 0.479. The minimum Gasteiger partial charge on any atom is -0.458 e. The van der Waals surface area contributed by atoms with Crippen LogP contribution in [0.5, 0.6) is 0 Å². The molecule has 0 bridgehead atoms. The largest absolute Gasteiger partial charge is 0.458 e. The second-order valence-corrected chi connectivity index (χ2v) is 6.64. The summed E-state index contributed by atoms with van der Waals surface area (Å²) in [7, 11) is 1.60. The van der Waals surface area contributed by atoms with Gasteiger partial charge in [0.25, 0.3) is 5.91 Å². The molecule has 2 heterocycles. The van der Waals surface area contributed by atoms with Crippen LogP contribution in [0.4, 0.5) is 0 Å². The molecular formula is C19H16N2O3S. The van der Waals surface area contributed by atoms with Crippen LogP contribution in [0.25, 0.3) is 21.2 Å². The third-order valence-electron chi connectivity index (χ3n) is 3.98. The highest BCUT2D eigenvalue weighted by Crippen LogP contribution is 2.26. The van der Waals surface area contributed by atoms with Gasteiger partial charge in [0, 0.05) is 12.5 Å². The third kappa shape index (κ3) is 3.14. The number of rotatable bonds is 5. The van der Waals surface area contributed by atoms with Gasteiger partial charge in [-0.15, -0.1) is 11.3 Å². The lowest BCUT2D eigenvalue weighted by atomic mass is 10.2. The number of carbonyl (C=O) groups is 1. The van der Waals surface area contributed by atoms with Crippen LogP contribution in [0.15, 0.2) is 59.0 Å². The van der Waals surface area contributed by atoms with Crippen molar-refractivity contribution >= 4 is 38.4 Å². The summed E-state index contributed by atoms with van der Waals surface area (Å²) >= 11 is 1.38. The molecule has 25 heavy (non-hydrogen) atoms. The average Bonchev–Trinajstić information content (AvgIpc) is 3.26. The number of thiazole rings is 1. The van der Waals surface area contributed by atoms with Crippen LogP contribution in [0.1, 0.15) is 21.7 Å². The Kier molecular flexibility index (Phi) is 4.21. The zero-order valence-corrected chi connectivity index (χ0v) is 14.4. The van der Waals surface area contributed by atoms with Crippen LogP contribution >= 0.6 is 11.3 Å². The number of methoxy groups -OCH3 is 1. The number of aromatic nitrogens is 1. The molecule has 0 aliphatic heterocycles. The van der Waals surface area contributed by atoms with Gasteiger partial charge in [-0.3, -0.25) is 4.79 Å². The molecule has 2 aromatic carbocycles. The zero-order valence-electron chi connectivity index (χ0n) is 13.6. The summed E-state index contributed by atoms with van der Waals surface area (Å²) in [5.41, 5.74) is 1.63. The van der Waals surface area contributed by atoms with Crippen molar-refractivity contribution in [1.29, 1.82) is 0 Å². The average molecular weight is 352 g/mol. The number of carbonyl (C=O) groups excluding carboxylic acids is 1. The van der Waals surface area contributed by atoms with Crippen molar-refractivity contribution in [3.05, 3.63) is 65.4 Å². The number of fused-ring (bicyclic) bond motifs is 2. The number of nitrogens with one attached hydrogen (secondary N) is 1. The van der Waals surface area contributed by atoms with E-state index in [9.17, 15) is 4.79 Å². The SMILES string of the molecule is COC(CNC(=O)c1nc2ccccc2s1)c1cc2ccccc2o1. The first-order valence-electron chi connectivity index (χ1n) is 7.89. The molecule has 5 nitrogen and oxygen atoms in total. The van der Waals surface area contributed by atoms with Gasteiger partial charge in [0.1, 0.15) is 17.4 Å². The van der Waals surface area contributed by atoms with Crippen molar-refractivity contribution < 1.29 is 13.9 Å². The summed E-state index contributed by atoms with van der Waals surface area (Å²) in [6.07, 6.45) is -0.356. The van der Waals surface area contributed by atoms with E-state index in [1.807, 2.05) is 54.6 Å².